The number of nitrogens with zero attached hydrogens (tertiary/aromatic N) is 1. The van der Waals surface area contributed by atoms with E-state index in [1.54, 1.807) is 6.20 Å². The van der Waals surface area contributed by atoms with Crippen LogP contribution in [-0.4, -0.2) is 40.4 Å². The van der Waals surface area contributed by atoms with Gasteiger partial charge in [0.05, 0.1) is 0 Å². The molecule has 0 spiro atoms. The average Bonchev–Trinajstić information content (AvgIpc) is 2.71. The first-order valence-electron chi connectivity index (χ1n) is 4.38. The first-order valence-corrected chi connectivity index (χ1v) is 5.54. The van der Waals surface area contributed by atoms with Gasteiger partial charge in [0.1, 0.15) is 5.69 Å². The minimum atomic E-state index is 0.130. The lowest BCUT2D eigenvalue weighted by Crippen LogP contribution is -2.38. The van der Waals surface area contributed by atoms with E-state index in [-0.39, 0.29) is 5.91 Å². The fourth-order valence-electron chi connectivity index (χ4n) is 1.40. The predicted octanol–water partition coefficient (Wildman–Crippen LogP) is 1.20. The normalized spacial score (nSPS) is 17.4. The van der Waals surface area contributed by atoms with Crippen LogP contribution in [0.5, 0.6) is 0 Å². The number of aromatic nitrogens is 1. The molecule has 1 saturated heterocycles. The first kappa shape index (κ1) is 8.69. The van der Waals surface area contributed by atoms with E-state index in [4.69, 9.17) is 0 Å². The van der Waals surface area contributed by atoms with Gasteiger partial charge in [-0.25, -0.2) is 0 Å². The van der Waals surface area contributed by atoms with Gasteiger partial charge < -0.3 is 9.88 Å². The second-order valence-corrected chi connectivity index (χ2v) is 4.21. The number of thioether (sulfide) groups is 1. The quantitative estimate of drug-likeness (QED) is 0.732. The van der Waals surface area contributed by atoms with Gasteiger partial charge in [0, 0.05) is 30.8 Å². The Morgan fingerprint density at radius 1 is 1.46 bits per heavy atom. The average molecular weight is 196 g/mol. The number of rotatable bonds is 1. The Balaban J connectivity index is 2.04. The highest BCUT2D eigenvalue weighted by atomic mass is 32.2. The van der Waals surface area contributed by atoms with Crippen LogP contribution >= 0.6 is 11.8 Å². The van der Waals surface area contributed by atoms with Crippen LogP contribution in [0.15, 0.2) is 18.3 Å². The Hall–Kier alpha value is -0.900. The third kappa shape index (κ3) is 1.88. The molecule has 3 nitrogen and oxygen atoms in total. The third-order valence-corrected chi connectivity index (χ3v) is 3.07. The summed E-state index contributed by atoms with van der Waals surface area (Å²) in [5.41, 5.74) is 0.701. The Morgan fingerprint density at radius 3 is 2.85 bits per heavy atom. The van der Waals surface area contributed by atoms with Crippen molar-refractivity contribution in [2.45, 2.75) is 0 Å². The van der Waals surface area contributed by atoms with E-state index in [0.29, 0.717) is 5.69 Å². The molecule has 0 bridgehead atoms. The second-order valence-electron chi connectivity index (χ2n) is 2.99. The SMILES string of the molecule is O=C(c1ccc[nH]1)N1CCSCC1. The molecule has 1 aromatic heterocycles. The largest absolute Gasteiger partial charge is 0.357 e. The molecule has 1 fully saturated rings. The molecule has 2 heterocycles. The highest BCUT2D eigenvalue weighted by Gasteiger charge is 2.18. The molecule has 1 aliphatic heterocycles. The second kappa shape index (κ2) is 3.87. The van der Waals surface area contributed by atoms with E-state index in [2.05, 4.69) is 4.98 Å². The number of hydrogen-bond donors (Lipinski definition) is 1. The van der Waals surface area contributed by atoms with E-state index in [9.17, 15) is 4.79 Å². The molecule has 0 radical (unpaired) electrons. The molecule has 0 unspecified atom stereocenters. The molecule has 0 aromatic carbocycles. The van der Waals surface area contributed by atoms with Gasteiger partial charge in [0.25, 0.3) is 5.91 Å². The van der Waals surface area contributed by atoms with E-state index in [1.165, 1.54) is 0 Å². The molecule has 2 rings (SSSR count). The minimum Gasteiger partial charge on any atom is -0.357 e. The smallest absolute Gasteiger partial charge is 0.270 e. The van der Waals surface area contributed by atoms with Crippen LogP contribution < -0.4 is 0 Å². The lowest BCUT2D eigenvalue weighted by molar-refractivity contribution is 0.0767. The Labute approximate surface area is 81.5 Å². The number of nitrogens with one attached hydrogen (secondary N) is 1. The molecule has 0 aliphatic carbocycles. The van der Waals surface area contributed by atoms with E-state index in [1.807, 2.05) is 28.8 Å². The number of carbonyl (C=O) groups is 1. The molecule has 1 aliphatic rings. The molecule has 70 valence electrons. The maximum Gasteiger partial charge on any atom is 0.270 e. The highest BCUT2D eigenvalue weighted by Crippen LogP contribution is 2.11. The van der Waals surface area contributed by atoms with Crippen molar-refractivity contribution in [3.8, 4) is 0 Å². The Kier molecular flexibility index (Phi) is 2.59. The summed E-state index contributed by atoms with van der Waals surface area (Å²) in [6.45, 7) is 1.76. The maximum atomic E-state index is 11.7. The number of amides is 1. The topological polar surface area (TPSA) is 36.1 Å². The third-order valence-electron chi connectivity index (χ3n) is 2.13. The Bertz CT molecular complexity index is 278. The lowest BCUT2D eigenvalue weighted by atomic mass is 10.3. The zero-order valence-electron chi connectivity index (χ0n) is 7.32. The van der Waals surface area contributed by atoms with Gasteiger partial charge in [-0.3, -0.25) is 4.79 Å². The van der Waals surface area contributed by atoms with Crippen LogP contribution in [0.1, 0.15) is 10.5 Å². The van der Waals surface area contributed by atoms with Crippen LogP contribution in [0.4, 0.5) is 0 Å². The van der Waals surface area contributed by atoms with Crippen molar-refractivity contribution in [2.75, 3.05) is 24.6 Å². The van der Waals surface area contributed by atoms with Crippen LogP contribution in [0, 0.1) is 0 Å². The number of aromatic amines is 1. The molecular weight excluding hydrogens is 184 g/mol. The van der Waals surface area contributed by atoms with Gasteiger partial charge in [0.15, 0.2) is 0 Å². The molecule has 1 aromatic rings. The van der Waals surface area contributed by atoms with Gasteiger partial charge in [-0.1, -0.05) is 0 Å². The van der Waals surface area contributed by atoms with E-state index in [0.717, 1.165) is 24.6 Å². The summed E-state index contributed by atoms with van der Waals surface area (Å²) in [5, 5.41) is 0. The van der Waals surface area contributed by atoms with Gasteiger partial charge >= 0.3 is 0 Å². The molecule has 0 atom stereocenters. The van der Waals surface area contributed by atoms with Crippen LogP contribution in [0.25, 0.3) is 0 Å². The Morgan fingerprint density at radius 2 is 2.23 bits per heavy atom. The minimum absolute atomic E-state index is 0.130. The van der Waals surface area contributed by atoms with Crippen molar-refractivity contribution < 1.29 is 4.79 Å². The fourth-order valence-corrected chi connectivity index (χ4v) is 2.30. The van der Waals surface area contributed by atoms with Gasteiger partial charge in [0.2, 0.25) is 0 Å². The number of hydrogen-bond acceptors (Lipinski definition) is 2. The summed E-state index contributed by atoms with van der Waals surface area (Å²) >= 11 is 1.91. The lowest BCUT2D eigenvalue weighted by Gasteiger charge is -2.25. The summed E-state index contributed by atoms with van der Waals surface area (Å²) in [5.74, 6) is 2.25. The molecule has 1 amide bonds. The van der Waals surface area contributed by atoms with E-state index < -0.39 is 0 Å². The van der Waals surface area contributed by atoms with Crippen molar-refractivity contribution in [2.24, 2.45) is 0 Å². The van der Waals surface area contributed by atoms with Gasteiger partial charge in [-0.15, -0.1) is 0 Å². The summed E-state index contributed by atoms with van der Waals surface area (Å²) in [4.78, 5) is 16.6. The van der Waals surface area contributed by atoms with Crippen LogP contribution in [0.2, 0.25) is 0 Å². The van der Waals surface area contributed by atoms with Crippen LogP contribution in [0.3, 0.4) is 0 Å². The predicted molar refractivity (Wildman–Crippen MR) is 54.0 cm³/mol. The fraction of sp³-hybridized carbons (Fsp3) is 0.444. The standard InChI is InChI=1S/C9H12N2OS/c12-9(8-2-1-3-10-8)11-4-6-13-7-5-11/h1-3,10H,4-7H2. The molecule has 4 heteroatoms. The highest BCUT2D eigenvalue weighted by molar-refractivity contribution is 7.99. The van der Waals surface area contributed by atoms with Crippen molar-refractivity contribution in [3.63, 3.8) is 0 Å². The zero-order chi connectivity index (χ0) is 9.10. The van der Waals surface area contributed by atoms with Gasteiger partial charge in [-0.05, 0) is 12.1 Å². The van der Waals surface area contributed by atoms with Crippen molar-refractivity contribution in [1.29, 1.82) is 0 Å². The number of H-pyrrole nitrogens is 1. The molecular formula is C9H12N2OS. The summed E-state index contributed by atoms with van der Waals surface area (Å²) in [6.07, 6.45) is 1.78. The van der Waals surface area contributed by atoms with Gasteiger partial charge in [-0.2, -0.15) is 11.8 Å². The summed E-state index contributed by atoms with van der Waals surface area (Å²) in [6, 6.07) is 3.68. The maximum absolute atomic E-state index is 11.7. The van der Waals surface area contributed by atoms with E-state index >= 15 is 0 Å². The number of carbonyl (C=O) groups excluding carboxylic acids is 1. The summed E-state index contributed by atoms with van der Waals surface area (Å²) < 4.78 is 0. The van der Waals surface area contributed by atoms with Crippen molar-refractivity contribution >= 4 is 17.7 Å². The zero-order valence-corrected chi connectivity index (χ0v) is 8.14. The summed E-state index contributed by atoms with van der Waals surface area (Å²) in [7, 11) is 0. The monoisotopic (exact) mass is 196 g/mol. The van der Waals surface area contributed by atoms with Crippen molar-refractivity contribution in [1.82, 2.24) is 9.88 Å². The van der Waals surface area contributed by atoms with Crippen molar-refractivity contribution in [3.05, 3.63) is 24.0 Å². The first-order chi connectivity index (χ1) is 6.38. The molecule has 13 heavy (non-hydrogen) atoms. The van der Waals surface area contributed by atoms with Crippen LogP contribution in [-0.2, 0) is 0 Å². The molecule has 0 saturated carbocycles. The molecule has 1 N–H and O–H groups in total.